The summed E-state index contributed by atoms with van der Waals surface area (Å²) in [7, 11) is 1.80. The molecule has 4 N–H and O–H groups in total. The Morgan fingerprint density at radius 3 is 2.89 bits per heavy atom. The van der Waals surface area contributed by atoms with E-state index in [4.69, 9.17) is 22.1 Å². The molecule has 5 heterocycles. The molecule has 12 nitrogen and oxygen atoms in total. The van der Waals surface area contributed by atoms with E-state index in [0.29, 0.717) is 48.0 Å². The van der Waals surface area contributed by atoms with Crippen molar-refractivity contribution >= 4 is 46.8 Å². The smallest absolute Gasteiger partial charge is 0.260 e. The van der Waals surface area contributed by atoms with E-state index in [1.165, 1.54) is 4.90 Å². The fourth-order valence-electron chi connectivity index (χ4n) is 4.27. The van der Waals surface area contributed by atoms with E-state index >= 15 is 0 Å². The van der Waals surface area contributed by atoms with Gasteiger partial charge in [0, 0.05) is 56.9 Å². The van der Waals surface area contributed by atoms with E-state index in [9.17, 15) is 9.59 Å². The minimum atomic E-state index is -0.304. The summed E-state index contributed by atoms with van der Waals surface area (Å²) in [4.78, 5) is 41.1. The van der Waals surface area contributed by atoms with Crippen molar-refractivity contribution in [3.63, 3.8) is 0 Å². The van der Waals surface area contributed by atoms with Crippen LogP contribution in [0.5, 0.6) is 0 Å². The quantitative estimate of drug-likeness (QED) is 0.313. The largest absolute Gasteiger partial charge is 0.379 e. The zero-order valence-corrected chi connectivity index (χ0v) is 20.5. The molecule has 188 valence electrons. The number of carbonyl (C=O) groups excluding carboxylic acids is 2. The van der Waals surface area contributed by atoms with Crippen LogP contribution in [0.25, 0.3) is 11.6 Å². The van der Waals surface area contributed by atoms with Gasteiger partial charge in [-0.25, -0.2) is 4.98 Å². The molecule has 0 radical (unpaired) electrons. The van der Waals surface area contributed by atoms with Crippen molar-refractivity contribution in [1.82, 2.24) is 34.9 Å². The topological polar surface area (TPSA) is 147 Å². The number of amides is 2. The van der Waals surface area contributed by atoms with Crippen molar-refractivity contribution < 1.29 is 14.3 Å². The monoisotopic (exact) mass is 511 g/mol. The van der Waals surface area contributed by atoms with Gasteiger partial charge in [-0.3, -0.25) is 24.1 Å². The van der Waals surface area contributed by atoms with Gasteiger partial charge in [0.05, 0.1) is 42.7 Å². The number of aryl methyl sites for hydroxylation is 1. The van der Waals surface area contributed by atoms with Crippen LogP contribution in [-0.4, -0.2) is 80.8 Å². The Labute approximate surface area is 212 Å². The number of hydrogen-bond acceptors (Lipinski definition) is 8. The van der Waals surface area contributed by atoms with E-state index in [-0.39, 0.29) is 29.5 Å². The summed E-state index contributed by atoms with van der Waals surface area (Å²) >= 11 is 6.40. The maximum absolute atomic E-state index is 13.4. The highest BCUT2D eigenvalue weighted by molar-refractivity contribution is 6.41. The van der Waals surface area contributed by atoms with Crippen molar-refractivity contribution in [1.29, 1.82) is 0 Å². The minimum Gasteiger partial charge on any atom is -0.379 e. The molecule has 13 heteroatoms. The highest BCUT2D eigenvalue weighted by Gasteiger charge is 2.37. The number of carbonyl (C=O) groups is 2. The summed E-state index contributed by atoms with van der Waals surface area (Å²) < 4.78 is 7.00. The second-order valence-corrected chi connectivity index (χ2v) is 8.95. The van der Waals surface area contributed by atoms with E-state index in [2.05, 4.69) is 30.3 Å². The summed E-state index contributed by atoms with van der Waals surface area (Å²) in [5, 5.41) is 7.17. The molecule has 0 aromatic carbocycles. The fourth-order valence-corrected chi connectivity index (χ4v) is 4.54. The van der Waals surface area contributed by atoms with Crippen LogP contribution >= 0.6 is 11.6 Å². The van der Waals surface area contributed by atoms with Gasteiger partial charge >= 0.3 is 0 Å². The number of morpholine rings is 1. The molecule has 2 aliphatic heterocycles. The number of nitrogen functional groups attached to an aromatic ring is 1. The van der Waals surface area contributed by atoms with Gasteiger partial charge in [-0.1, -0.05) is 11.6 Å². The van der Waals surface area contributed by atoms with Crippen LogP contribution in [0, 0.1) is 0 Å². The van der Waals surface area contributed by atoms with E-state index in [1.807, 2.05) is 6.20 Å². The lowest BCUT2D eigenvalue weighted by Crippen LogP contribution is -2.41. The lowest BCUT2D eigenvalue weighted by molar-refractivity contribution is -0.113. The van der Waals surface area contributed by atoms with Crippen molar-refractivity contribution in [3.8, 4) is 0 Å². The zero-order chi connectivity index (χ0) is 25.2. The van der Waals surface area contributed by atoms with Crippen LogP contribution in [0.2, 0.25) is 5.15 Å². The standard InChI is InChI=1S/C23H26ClN9O3/c1-31-12-14(10-28-31)13-33-20-18(19(24)29-23(25)30-20)17(22(33)35)9-16-8-15(11-27-16)21(34)26-2-3-32-4-6-36-7-5-32/h8-12,27H,2-7,13H2,1H3,(H,26,34)(H2,25,29,30). The zero-order valence-electron chi connectivity index (χ0n) is 19.7. The number of ether oxygens (including phenoxy) is 1. The molecule has 0 saturated carbocycles. The average molecular weight is 512 g/mol. The highest BCUT2D eigenvalue weighted by atomic mass is 35.5. The highest BCUT2D eigenvalue weighted by Crippen LogP contribution is 2.41. The van der Waals surface area contributed by atoms with Crippen molar-refractivity contribution in [2.75, 3.05) is 50.0 Å². The van der Waals surface area contributed by atoms with E-state index in [0.717, 1.165) is 25.2 Å². The maximum Gasteiger partial charge on any atom is 0.260 e. The van der Waals surface area contributed by atoms with Crippen LogP contribution in [-0.2, 0) is 23.1 Å². The first-order valence-corrected chi connectivity index (χ1v) is 11.9. The molecule has 0 bridgehead atoms. The molecule has 0 unspecified atom stereocenters. The van der Waals surface area contributed by atoms with Crippen LogP contribution in [0.4, 0.5) is 11.8 Å². The Bertz CT molecular complexity index is 1330. The molecule has 36 heavy (non-hydrogen) atoms. The molecule has 2 amide bonds. The molecule has 0 atom stereocenters. The van der Waals surface area contributed by atoms with Crippen molar-refractivity contribution in [2.24, 2.45) is 7.05 Å². The van der Waals surface area contributed by atoms with Gasteiger partial charge in [0.25, 0.3) is 11.8 Å². The average Bonchev–Trinajstić information content (AvgIpc) is 3.55. The maximum atomic E-state index is 13.4. The number of nitrogens with one attached hydrogen (secondary N) is 2. The second-order valence-electron chi connectivity index (χ2n) is 8.60. The fraction of sp³-hybridized carbons (Fsp3) is 0.348. The Morgan fingerprint density at radius 1 is 1.33 bits per heavy atom. The lowest BCUT2D eigenvalue weighted by atomic mass is 10.1. The Kier molecular flexibility index (Phi) is 6.72. The summed E-state index contributed by atoms with van der Waals surface area (Å²) in [6.07, 6.45) is 6.73. The predicted octanol–water partition coefficient (Wildman–Crippen LogP) is 0.923. The normalized spacial score (nSPS) is 17.1. The number of halogens is 1. The molecular formula is C23H26ClN9O3. The van der Waals surface area contributed by atoms with Gasteiger partial charge in [0.2, 0.25) is 5.95 Å². The predicted molar refractivity (Wildman–Crippen MR) is 134 cm³/mol. The minimum absolute atomic E-state index is 0.0279. The van der Waals surface area contributed by atoms with Gasteiger partial charge in [-0.05, 0) is 12.1 Å². The molecule has 3 aromatic heterocycles. The molecule has 3 aromatic rings. The number of anilines is 2. The third-order valence-electron chi connectivity index (χ3n) is 6.05. The summed E-state index contributed by atoms with van der Waals surface area (Å²) in [5.41, 5.74) is 8.37. The first-order valence-electron chi connectivity index (χ1n) is 11.5. The molecule has 5 rings (SSSR count). The first kappa shape index (κ1) is 24.0. The second kappa shape index (κ2) is 10.1. The number of nitrogens with two attached hydrogens (primary N) is 1. The van der Waals surface area contributed by atoms with Crippen LogP contribution in [0.15, 0.2) is 24.7 Å². The van der Waals surface area contributed by atoms with Crippen LogP contribution in [0.3, 0.4) is 0 Å². The van der Waals surface area contributed by atoms with Crippen molar-refractivity contribution in [3.05, 3.63) is 52.2 Å². The lowest BCUT2D eigenvalue weighted by Gasteiger charge is -2.26. The van der Waals surface area contributed by atoms with E-state index < -0.39 is 0 Å². The third-order valence-corrected chi connectivity index (χ3v) is 6.32. The van der Waals surface area contributed by atoms with Gasteiger partial charge in [-0.15, -0.1) is 0 Å². The van der Waals surface area contributed by atoms with Crippen LogP contribution < -0.4 is 16.0 Å². The molecular weight excluding hydrogens is 486 g/mol. The number of aromatic nitrogens is 5. The number of rotatable bonds is 7. The molecule has 0 spiro atoms. The van der Waals surface area contributed by atoms with Crippen molar-refractivity contribution in [2.45, 2.75) is 6.54 Å². The number of nitrogens with zero attached hydrogens (tertiary/aromatic N) is 6. The Hall–Kier alpha value is -3.74. The number of H-pyrrole nitrogens is 1. The first-order chi connectivity index (χ1) is 17.4. The molecule has 1 saturated heterocycles. The molecule has 0 aliphatic carbocycles. The van der Waals surface area contributed by atoms with Gasteiger partial charge in [0.15, 0.2) is 5.82 Å². The summed E-state index contributed by atoms with van der Waals surface area (Å²) in [6, 6.07) is 1.68. The summed E-state index contributed by atoms with van der Waals surface area (Å²) in [6.45, 7) is 4.69. The number of fused-ring (bicyclic) bond motifs is 1. The molecule has 1 fully saturated rings. The van der Waals surface area contributed by atoms with Gasteiger partial charge in [-0.2, -0.15) is 10.1 Å². The SMILES string of the molecule is Cn1cc(CN2C(=O)C(=Cc3cc(C(=O)NCCN4CCOCC4)c[nH]3)c3c(Cl)nc(N)nc32)cn1. The Balaban J connectivity index is 1.34. The van der Waals surface area contributed by atoms with Gasteiger partial charge in [0.1, 0.15) is 5.15 Å². The van der Waals surface area contributed by atoms with Gasteiger partial charge < -0.3 is 20.8 Å². The van der Waals surface area contributed by atoms with E-state index in [1.54, 1.807) is 36.3 Å². The number of aromatic amines is 1. The Morgan fingerprint density at radius 2 is 2.14 bits per heavy atom. The molecule has 2 aliphatic rings. The third kappa shape index (κ3) is 4.96. The number of hydrogen-bond donors (Lipinski definition) is 3. The summed E-state index contributed by atoms with van der Waals surface area (Å²) in [5.74, 6) is -0.198. The van der Waals surface area contributed by atoms with Crippen LogP contribution in [0.1, 0.15) is 27.2 Å².